The zero-order valence-electron chi connectivity index (χ0n) is 12.9. The highest BCUT2D eigenvalue weighted by molar-refractivity contribution is 5.53. The summed E-state index contributed by atoms with van der Waals surface area (Å²) in [5.74, 6) is 0.769. The van der Waals surface area contributed by atoms with Crippen LogP contribution < -0.4 is 10.2 Å². The van der Waals surface area contributed by atoms with E-state index in [9.17, 15) is 0 Å². The highest BCUT2D eigenvalue weighted by Gasteiger charge is 2.17. The molecule has 3 nitrogen and oxygen atoms in total. The molecular weight excluding hydrogens is 248 g/mol. The minimum absolute atomic E-state index is 0.769. The lowest BCUT2D eigenvalue weighted by molar-refractivity contribution is 0.0685. The van der Waals surface area contributed by atoms with E-state index in [1.807, 2.05) is 0 Å². The summed E-state index contributed by atoms with van der Waals surface area (Å²) in [6.07, 6.45) is 3.57. The van der Waals surface area contributed by atoms with E-state index >= 15 is 0 Å². The van der Waals surface area contributed by atoms with Crippen molar-refractivity contribution in [2.24, 2.45) is 5.92 Å². The summed E-state index contributed by atoms with van der Waals surface area (Å²) >= 11 is 0. The van der Waals surface area contributed by atoms with Crippen LogP contribution in [-0.2, 0) is 11.3 Å². The van der Waals surface area contributed by atoms with Gasteiger partial charge in [0.2, 0.25) is 0 Å². The van der Waals surface area contributed by atoms with Crippen molar-refractivity contribution >= 4 is 5.69 Å². The summed E-state index contributed by atoms with van der Waals surface area (Å²) < 4.78 is 5.45. The van der Waals surface area contributed by atoms with Crippen LogP contribution in [0.15, 0.2) is 24.3 Å². The van der Waals surface area contributed by atoms with Crippen LogP contribution in [0.1, 0.15) is 31.7 Å². The summed E-state index contributed by atoms with van der Waals surface area (Å²) in [7, 11) is 2.22. The summed E-state index contributed by atoms with van der Waals surface area (Å²) in [6.45, 7) is 7.24. The van der Waals surface area contributed by atoms with Crippen molar-refractivity contribution < 1.29 is 4.74 Å². The van der Waals surface area contributed by atoms with E-state index in [-0.39, 0.29) is 0 Å². The van der Waals surface area contributed by atoms with E-state index in [4.69, 9.17) is 4.74 Å². The zero-order chi connectivity index (χ0) is 14.2. The van der Waals surface area contributed by atoms with Gasteiger partial charge in [-0.15, -0.1) is 0 Å². The highest BCUT2D eigenvalue weighted by Crippen LogP contribution is 2.23. The molecule has 1 heterocycles. The van der Waals surface area contributed by atoms with Crippen molar-refractivity contribution in [3.8, 4) is 0 Å². The molecule has 0 radical (unpaired) electrons. The fourth-order valence-corrected chi connectivity index (χ4v) is 2.85. The largest absolute Gasteiger partial charge is 0.381 e. The van der Waals surface area contributed by atoms with E-state index in [2.05, 4.69) is 48.5 Å². The predicted octanol–water partition coefficient (Wildman–Crippen LogP) is 3.05. The molecule has 1 aromatic rings. The van der Waals surface area contributed by atoms with Crippen LogP contribution >= 0.6 is 0 Å². The van der Waals surface area contributed by atoms with E-state index < -0.39 is 0 Å². The predicted molar refractivity (Wildman–Crippen MR) is 85.3 cm³/mol. The Morgan fingerprint density at radius 1 is 1.25 bits per heavy atom. The van der Waals surface area contributed by atoms with Gasteiger partial charge >= 0.3 is 0 Å². The van der Waals surface area contributed by atoms with Gasteiger partial charge in [-0.1, -0.05) is 25.1 Å². The Bertz CT molecular complexity index is 388. The van der Waals surface area contributed by atoms with Gasteiger partial charge in [0.1, 0.15) is 0 Å². The second-order valence-electron chi connectivity index (χ2n) is 5.74. The molecule has 0 saturated carbocycles. The van der Waals surface area contributed by atoms with Crippen molar-refractivity contribution in [1.29, 1.82) is 0 Å². The van der Waals surface area contributed by atoms with Gasteiger partial charge < -0.3 is 15.0 Å². The smallest absolute Gasteiger partial charge is 0.0469 e. The molecule has 1 saturated heterocycles. The number of para-hydroxylation sites is 1. The molecule has 0 spiro atoms. The van der Waals surface area contributed by atoms with Gasteiger partial charge in [-0.3, -0.25) is 0 Å². The maximum Gasteiger partial charge on any atom is 0.0469 e. The fourth-order valence-electron chi connectivity index (χ4n) is 2.85. The van der Waals surface area contributed by atoms with Gasteiger partial charge in [-0.2, -0.15) is 0 Å². The Hall–Kier alpha value is -1.06. The SMILES string of the molecule is CCCNCc1ccccc1N(C)CC1CCOCC1. The molecule has 0 amide bonds. The van der Waals surface area contributed by atoms with Crippen molar-refractivity contribution in [3.05, 3.63) is 29.8 Å². The number of benzene rings is 1. The first-order valence-electron chi connectivity index (χ1n) is 7.88. The first-order valence-corrected chi connectivity index (χ1v) is 7.88. The second kappa shape index (κ2) is 8.28. The van der Waals surface area contributed by atoms with Crippen LogP contribution in [0, 0.1) is 5.92 Å². The Morgan fingerprint density at radius 2 is 2.00 bits per heavy atom. The number of rotatable bonds is 7. The molecule has 0 unspecified atom stereocenters. The van der Waals surface area contributed by atoms with Crippen molar-refractivity contribution in [2.75, 3.05) is 38.3 Å². The number of nitrogens with one attached hydrogen (secondary N) is 1. The minimum Gasteiger partial charge on any atom is -0.381 e. The molecule has 20 heavy (non-hydrogen) atoms. The van der Waals surface area contributed by atoms with E-state index in [1.165, 1.54) is 30.5 Å². The topological polar surface area (TPSA) is 24.5 Å². The summed E-state index contributed by atoms with van der Waals surface area (Å²) in [5.41, 5.74) is 2.76. The molecule has 1 aromatic carbocycles. The van der Waals surface area contributed by atoms with Gasteiger partial charge in [0.15, 0.2) is 0 Å². The molecule has 0 aromatic heterocycles. The third kappa shape index (κ3) is 4.50. The Balaban J connectivity index is 1.95. The Morgan fingerprint density at radius 3 is 2.75 bits per heavy atom. The van der Waals surface area contributed by atoms with Crippen molar-refractivity contribution in [1.82, 2.24) is 5.32 Å². The lowest BCUT2D eigenvalue weighted by Gasteiger charge is -2.29. The molecule has 0 bridgehead atoms. The second-order valence-corrected chi connectivity index (χ2v) is 5.74. The summed E-state index contributed by atoms with van der Waals surface area (Å²) in [6, 6.07) is 8.74. The van der Waals surface area contributed by atoms with Crippen LogP contribution in [0.2, 0.25) is 0 Å². The number of hydrogen-bond acceptors (Lipinski definition) is 3. The van der Waals surface area contributed by atoms with E-state index in [0.717, 1.165) is 38.8 Å². The first kappa shape index (κ1) is 15.3. The standard InChI is InChI=1S/C17H28N2O/c1-3-10-18-13-16-6-4-5-7-17(16)19(2)14-15-8-11-20-12-9-15/h4-7,15,18H,3,8-14H2,1-2H3. The average molecular weight is 276 g/mol. The Labute approximate surface area is 123 Å². The van der Waals surface area contributed by atoms with Gasteiger partial charge in [0.25, 0.3) is 0 Å². The van der Waals surface area contributed by atoms with Crippen molar-refractivity contribution in [2.45, 2.75) is 32.7 Å². The normalized spacial score (nSPS) is 16.3. The molecule has 1 N–H and O–H groups in total. The van der Waals surface area contributed by atoms with Crippen LogP contribution in [0.25, 0.3) is 0 Å². The van der Waals surface area contributed by atoms with E-state index in [0.29, 0.717) is 0 Å². The molecular formula is C17H28N2O. The lowest BCUT2D eigenvalue weighted by Crippen LogP contribution is -2.30. The fraction of sp³-hybridized carbons (Fsp3) is 0.647. The van der Waals surface area contributed by atoms with Crippen LogP contribution in [0.3, 0.4) is 0 Å². The van der Waals surface area contributed by atoms with Crippen LogP contribution in [-0.4, -0.2) is 33.4 Å². The summed E-state index contributed by atoms with van der Waals surface area (Å²) in [5, 5.41) is 3.50. The molecule has 0 aliphatic carbocycles. The van der Waals surface area contributed by atoms with Gasteiger partial charge in [-0.05, 0) is 43.4 Å². The van der Waals surface area contributed by atoms with E-state index in [1.54, 1.807) is 0 Å². The molecule has 1 aliphatic rings. The van der Waals surface area contributed by atoms with Crippen LogP contribution in [0.4, 0.5) is 5.69 Å². The molecule has 112 valence electrons. The Kier molecular flexibility index (Phi) is 6.34. The number of anilines is 1. The zero-order valence-corrected chi connectivity index (χ0v) is 12.9. The van der Waals surface area contributed by atoms with Crippen molar-refractivity contribution in [3.63, 3.8) is 0 Å². The maximum absolute atomic E-state index is 5.45. The average Bonchev–Trinajstić information content (AvgIpc) is 2.49. The third-order valence-corrected chi connectivity index (χ3v) is 4.02. The van der Waals surface area contributed by atoms with Gasteiger partial charge in [-0.25, -0.2) is 0 Å². The number of ether oxygens (including phenoxy) is 1. The molecule has 1 fully saturated rings. The van der Waals surface area contributed by atoms with Crippen LogP contribution in [0.5, 0.6) is 0 Å². The molecule has 2 rings (SSSR count). The van der Waals surface area contributed by atoms with Gasteiger partial charge in [0.05, 0.1) is 0 Å². The first-order chi connectivity index (χ1) is 9.81. The quantitative estimate of drug-likeness (QED) is 0.775. The molecule has 3 heteroatoms. The monoisotopic (exact) mass is 276 g/mol. The molecule has 0 atom stereocenters. The maximum atomic E-state index is 5.45. The summed E-state index contributed by atoms with van der Waals surface area (Å²) in [4.78, 5) is 2.42. The lowest BCUT2D eigenvalue weighted by atomic mass is 9.99. The van der Waals surface area contributed by atoms with Gasteiger partial charge in [0, 0.05) is 39.0 Å². The number of hydrogen-bond donors (Lipinski definition) is 1. The minimum atomic E-state index is 0.769. The highest BCUT2D eigenvalue weighted by atomic mass is 16.5. The number of nitrogens with zero attached hydrogens (tertiary/aromatic N) is 1. The third-order valence-electron chi connectivity index (χ3n) is 4.02. The molecule has 1 aliphatic heterocycles.